The van der Waals surface area contributed by atoms with Crippen molar-refractivity contribution in [3.05, 3.63) is 133 Å². The molecule has 33 heavy (non-hydrogen) atoms. The van der Waals surface area contributed by atoms with Crippen LogP contribution in [-0.2, 0) is 20.1 Å². The number of rotatable bonds is 3. The van der Waals surface area contributed by atoms with Gasteiger partial charge in [0.1, 0.15) is 0 Å². The third-order valence-corrected chi connectivity index (χ3v) is 4.80. The number of hydrogen-bond donors (Lipinski definition) is 0. The summed E-state index contributed by atoms with van der Waals surface area (Å²) in [5.41, 5.74) is 6.82. The van der Waals surface area contributed by atoms with Gasteiger partial charge in [0.2, 0.25) is 0 Å². The van der Waals surface area contributed by atoms with Gasteiger partial charge >= 0.3 is 0 Å². The first kappa shape index (κ1) is 24.2. The summed E-state index contributed by atoms with van der Waals surface area (Å²) in [6.45, 7) is 1.96. The molecule has 5 aromatic rings. The van der Waals surface area contributed by atoms with Crippen molar-refractivity contribution in [1.82, 2.24) is 9.97 Å². The van der Waals surface area contributed by atoms with E-state index in [1.165, 1.54) is 11.6 Å². The minimum atomic E-state index is -0.357. The minimum absolute atomic E-state index is 0. The largest absolute Gasteiger partial charge is 0.304 e. The van der Waals surface area contributed by atoms with E-state index in [9.17, 15) is 4.39 Å². The number of pyridine rings is 2. The van der Waals surface area contributed by atoms with E-state index < -0.39 is 0 Å². The Morgan fingerprint density at radius 1 is 0.636 bits per heavy atom. The van der Waals surface area contributed by atoms with Crippen molar-refractivity contribution in [2.75, 3.05) is 0 Å². The van der Waals surface area contributed by atoms with E-state index in [4.69, 9.17) is 0 Å². The van der Waals surface area contributed by atoms with Gasteiger partial charge in [0.15, 0.2) is 0 Å². The smallest absolute Gasteiger partial charge is 0.0405 e. The molecule has 0 unspecified atom stereocenters. The molecule has 165 valence electrons. The fraction of sp³-hybridized carbons (Fsp3) is 0.0345. The zero-order valence-corrected chi connectivity index (χ0v) is 20.4. The number of nitrogens with zero attached hydrogens (tertiary/aromatic N) is 2. The second-order valence-corrected chi connectivity index (χ2v) is 7.21. The van der Waals surface area contributed by atoms with Crippen molar-refractivity contribution in [2.24, 2.45) is 0 Å². The molecule has 0 fully saturated rings. The number of benzene rings is 3. The molecular formula is C29H21FIrN2-2. The van der Waals surface area contributed by atoms with Crippen molar-refractivity contribution in [3.63, 3.8) is 0 Å². The van der Waals surface area contributed by atoms with Gasteiger partial charge in [-0.15, -0.1) is 65.7 Å². The molecule has 0 amide bonds. The summed E-state index contributed by atoms with van der Waals surface area (Å²) >= 11 is 0. The fourth-order valence-corrected chi connectivity index (χ4v) is 3.12. The topological polar surface area (TPSA) is 25.8 Å². The second kappa shape index (κ2) is 12.0. The van der Waals surface area contributed by atoms with Gasteiger partial charge in [-0.05, 0) is 35.0 Å². The number of aromatic nitrogens is 2. The summed E-state index contributed by atoms with van der Waals surface area (Å²) in [5.74, 6) is -0.357. The molecule has 0 saturated heterocycles. The molecule has 2 heterocycles. The molecule has 0 aliphatic rings. The molecule has 0 N–H and O–H groups in total. The maximum atomic E-state index is 12.8. The Balaban J connectivity index is 0.000000186. The quantitative estimate of drug-likeness (QED) is 0.202. The molecule has 0 aliphatic carbocycles. The Labute approximate surface area is 207 Å². The van der Waals surface area contributed by atoms with Gasteiger partial charge in [0, 0.05) is 38.3 Å². The van der Waals surface area contributed by atoms with E-state index in [1.807, 2.05) is 73.8 Å². The second-order valence-electron chi connectivity index (χ2n) is 7.21. The van der Waals surface area contributed by atoms with Gasteiger partial charge in [-0.2, -0.15) is 0 Å². The fourth-order valence-electron chi connectivity index (χ4n) is 3.12. The van der Waals surface area contributed by atoms with E-state index in [0.29, 0.717) is 5.56 Å². The predicted octanol–water partition coefficient (Wildman–Crippen LogP) is 7.21. The zero-order valence-electron chi connectivity index (χ0n) is 18.0. The van der Waals surface area contributed by atoms with E-state index in [0.717, 1.165) is 28.1 Å². The monoisotopic (exact) mass is 609 g/mol. The zero-order chi connectivity index (χ0) is 22.2. The summed E-state index contributed by atoms with van der Waals surface area (Å²) < 4.78 is 12.8. The van der Waals surface area contributed by atoms with Crippen molar-refractivity contribution < 1.29 is 24.5 Å². The van der Waals surface area contributed by atoms with Crippen LogP contribution in [0.5, 0.6) is 0 Å². The molecule has 5 rings (SSSR count). The van der Waals surface area contributed by atoms with Gasteiger partial charge in [0.05, 0.1) is 0 Å². The molecule has 0 saturated carbocycles. The SMILES string of the molecule is Cc1ccc(-c2[c-]c(F)ccc2)nc1.[Ir].[c-]1ccccc1-c1ccc(-c2ccccc2)cn1. The molecule has 0 atom stereocenters. The summed E-state index contributed by atoms with van der Waals surface area (Å²) in [7, 11) is 0. The van der Waals surface area contributed by atoms with Crippen molar-refractivity contribution in [2.45, 2.75) is 6.92 Å². The van der Waals surface area contributed by atoms with Gasteiger partial charge in [-0.25, -0.2) is 4.39 Å². The molecule has 2 aromatic heterocycles. The van der Waals surface area contributed by atoms with Crippen molar-refractivity contribution in [3.8, 4) is 33.6 Å². The maximum Gasteiger partial charge on any atom is 0.0405 e. The molecule has 1 radical (unpaired) electrons. The van der Waals surface area contributed by atoms with Gasteiger partial charge in [0.25, 0.3) is 0 Å². The molecule has 4 heteroatoms. The summed E-state index contributed by atoms with van der Waals surface area (Å²) in [6, 6.07) is 36.7. The Morgan fingerprint density at radius 2 is 1.33 bits per heavy atom. The van der Waals surface area contributed by atoms with Crippen LogP contribution in [0.1, 0.15) is 5.56 Å². The van der Waals surface area contributed by atoms with Crippen LogP contribution in [0.2, 0.25) is 0 Å². The third kappa shape index (κ3) is 6.76. The number of halogens is 1. The van der Waals surface area contributed by atoms with Gasteiger partial charge in [-0.3, -0.25) is 0 Å². The average molecular weight is 609 g/mol. The predicted molar refractivity (Wildman–Crippen MR) is 127 cm³/mol. The van der Waals surface area contributed by atoms with E-state index >= 15 is 0 Å². The van der Waals surface area contributed by atoms with Crippen LogP contribution in [-0.4, -0.2) is 9.97 Å². The van der Waals surface area contributed by atoms with Crippen LogP contribution in [0.25, 0.3) is 33.6 Å². The van der Waals surface area contributed by atoms with Crippen LogP contribution in [0.3, 0.4) is 0 Å². The molecule has 0 aliphatic heterocycles. The van der Waals surface area contributed by atoms with E-state index in [2.05, 4.69) is 40.3 Å². The summed E-state index contributed by atoms with van der Waals surface area (Å²) in [6.07, 6.45) is 3.67. The molecule has 0 bridgehead atoms. The van der Waals surface area contributed by atoms with Crippen molar-refractivity contribution >= 4 is 0 Å². The molecular weight excluding hydrogens is 588 g/mol. The first-order valence-corrected chi connectivity index (χ1v) is 10.3. The number of aryl methyl sites for hydroxylation is 1. The summed E-state index contributed by atoms with van der Waals surface area (Å²) in [5, 5.41) is 0. The van der Waals surface area contributed by atoms with Crippen LogP contribution in [0, 0.1) is 24.9 Å². The number of hydrogen-bond acceptors (Lipinski definition) is 2. The maximum absolute atomic E-state index is 12.8. The van der Waals surface area contributed by atoms with E-state index in [-0.39, 0.29) is 25.9 Å². The van der Waals surface area contributed by atoms with Gasteiger partial charge in [-0.1, -0.05) is 54.6 Å². The first-order valence-electron chi connectivity index (χ1n) is 10.3. The molecule has 2 nitrogen and oxygen atoms in total. The standard InChI is InChI=1S/C17H12N.C12H9FN.Ir/c1-3-7-14(8-4-1)16-11-12-17(18-13-16)15-9-5-2-6-10-15;1-9-5-6-12(14-8-9)10-3-2-4-11(13)7-10;/h1-9,11-13H;2-6,8H,1H3;/q2*-1;. The third-order valence-electron chi connectivity index (χ3n) is 4.80. The Bertz CT molecular complexity index is 1200. The molecule has 0 spiro atoms. The Morgan fingerprint density at radius 3 is 1.97 bits per heavy atom. The van der Waals surface area contributed by atoms with Crippen LogP contribution in [0.4, 0.5) is 4.39 Å². The Kier molecular flexibility index (Phi) is 8.77. The molecule has 3 aromatic carbocycles. The first-order chi connectivity index (χ1) is 15.7. The normalized spacial score (nSPS) is 9.88. The van der Waals surface area contributed by atoms with Crippen molar-refractivity contribution in [1.29, 1.82) is 0 Å². The average Bonchev–Trinajstić information content (AvgIpc) is 2.86. The van der Waals surface area contributed by atoms with Crippen LogP contribution in [0.15, 0.2) is 109 Å². The Hall–Kier alpha value is -3.46. The summed E-state index contributed by atoms with van der Waals surface area (Å²) in [4.78, 5) is 8.69. The van der Waals surface area contributed by atoms with Crippen LogP contribution >= 0.6 is 0 Å². The minimum Gasteiger partial charge on any atom is -0.304 e. The van der Waals surface area contributed by atoms with Crippen LogP contribution < -0.4 is 0 Å². The van der Waals surface area contributed by atoms with E-state index in [1.54, 1.807) is 18.3 Å². The van der Waals surface area contributed by atoms with Gasteiger partial charge < -0.3 is 9.97 Å².